The van der Waals surface area contributed by atoms with Gasteiger partial charge in [0.1, 0.15) is 0 Å². The van der Waals surface area contributed by atoms with Gasteiger partial charge in [0.15, 0.2) is 11.6 Å². The van der Waals surface area contributed by atoms with E-state index in [1.807, 2.05) is 6.07 Å². The quantitative estimate of drug-likeness (QED) is 0.924. The first-order valence-electron chi connectivity index (χ1n) is 7.81. The third-order valence-electron chi connectivity index (χ3n) is 4.43. The van der Waals surface area contributed by atoms with Gasteiger partial charge in [0.25, 0.3) is 0 Å². The topological polar surface area (TPSA) is 24.5 Å². The highest BCUT2D eigenvalue weighted by atomic mass is 19.1. The van der Waals surface area contributed by atoms with Gasteiger partial charge in [-0.05, 0) is 43.5 Å². The summed E-state index contributed by atoms with van der Waals surface area (Å²) >= 11 is 0. The monoisotopic (exact) mass is 294 g/mol. The maximum atomic E-state index is 13.8. The van der Waals surface area contributed by atoms with Crippen molar-refractivity contribution in [2.75, 3.05) is 20.2 Å². The molecule has 0 aromatic heterocycles. The van der Waals surface area contributed by atoms with Gasteiger partial charge < -0.3 is 10.1 Å². The Morgan fingerprint density at radius 3 is 2.81 bits per heavy atom. The molecule has 0 radical (unpaired) electrons. The van der Waals surface area contributed by atoms with Gasteiger partial charge in [0.05, 0.1) is 7.11 Å². The number of methoxy groups -OCH3 is 1. The lowest BCUT2D eigenvalue weighted by molar-refractivity contribution is 0.183. The molecule has 0 bridgehead atoms. The van der Waals surface area contributed by atoms with Crippen LogP contribution in [0, 0.1) is 11.7 Å². The van der Waals surface area contributed by atoms with Gasteiger partial charge in [-0.25, -0.2) is 4.39 Å². The molecule has 21 heavy (non-hydrogen) atoms. The molecule has 1 saturated heterocycles. The SMILES string of the molecule is COc1ccc(CN2CC(C(C)C)NCCC2C)cc1F. The lowest BCUT2D eigenvalue weighted by atomic mass is 10.0. The first-order chi connectivity index (χ1) is 10.0. The van der Waals surface area contributed by atoms with E-state index in [1.54, 1.807) is 12.1 Å². The minimum atomic E-state index is -0.281. The zero-order chi connectivity index (χ0) is 15.4. The zero-order valence-electron chi connectivity index (χ0n) is 13.5. The molecule has 2 rings (SSSR count). The van der Waals surface area contributed by atoms with E-state index in [4.69, 9.17) is 4.74 Å². The summed E-state index contributed by atoms with van der Waals surface area (Å²) in [7, 11) is 1.49. The maximum absolute atomic E-state index is 13.8. The fourth-order valence-corrected chi connectivity index (χ4v) is 2.87. The summed E-state index contributed by atoms with van der Waals surface area (Å²) in [6.45, 7) is 9.60. The predicted molar refractivity (Wildman–Crippen MR) is 84.1 cm³/mol. The van der Waals surface area contributed by atoms with Crippen LogP contribution in [0.25, 0.3) is 0 Å². The van der Waals surface area contributed by atoms with Crippen molar-refractivity contribution in [3.05, 3.63) is 29.6 Å². The van der Waals surface area contributed by atoms with Crippen LogP contribution in [0.1, 0.15) is 32.8 Å². The van der Waals surface area contributed by atoms with Crippen molar-refractivity contribution in [2.45, 2.75) is 45.8 Å². The highest BCUT2D eigenvalue weighted by Crippen LogP contribution is 2.21. The smallest absolute Gasteiger partial charge is 0.165 e. The predicted octanol–water partition coefficient (Wildman–Crippen LogP) is 3.04. The van der Waals surface area contributed by atoms with E-state index in [-0.39, 0.29) is 5.82 Å². The molecule has 0 spiro atoms. The van der Waals surface area contributed by atoms with Gasteiger partial charge >= 0.3 is 0 Å². The van der Waals surface area contributed by atoms with Crippen molar-refractivity contribution in [1.82, 2.24) is 10.2 Å². The van der Waals surface area contributed by atoms with Gasteiger partial charge in [-0.3, -0.25) is 4.90 Å². The van der Waals surface area contributed by atoms with Crippen LogP contribution in [-0.2, 0) is 6.54 Å². The molecule has 0 aliphatic carbocycles. The lowest BCUT2D eigenvalue weighted by Crippen LogP contribution is -2.42. The van der Waals surface area contributed by atoms with E-state index in [9.17, 15) is 4.39 Å². The lowest BCUT2D eigenvalue weighted by Gasteiger charge is -2.30. The Balaban J connectivity index is 2.10. The van der Waals surface area contributed by atoms with E-state index >= 15 is 0 Å². The van der Waals surface area contributed by atoms with Crippen LogP contribution in [-0.4, -0.2) is 37.2 Å². The van der Waals surface area contributed by atoms with E-state index in [2.05, 4.69) is 31.0 Å². The minimum Gasteiger partial charge on any atom is -0.494 e. The Morgan fingerprint density at radius 2 is 2.19 bits per heavy atom. The number of ether oxygens (including phenoxy) is 1. The second-order valence-corrected chi connectivity index (χ2v) is 6.34. The van der Waals surface area contributed by atoms with E-state index in [1.165, 1.54) is 7.11 Å². The molecule has 4 heteroatoms. The van der Waals surface area contributed by atoms with Gasteiger partial charge in [0.2, 0.25) is 0 Å². The number of hydrogen-bond donors (Lipinski definition) is 1. The van der Waals surface area contributed by atoms with Crippen molar-refractivity contribution in [1.29, 1.82) is 0 Å². The Bertz CT molecular complexity index is 464. The number of halogens is 1. The molecule has 1 fully saturated rings. The Morgan fingerprint density at radius 1 is 1.43 bits per heavy atom. The molecule has 2 unspecified atom stereocenters. The van der Waals surface area contributed by atoms with Gasteiger partial charge in [-0.2, -0.15) is 0 Å². The van der Waals surface area contributed by atoms with Gasteiger partial charge in [-0.15, -0.1) is 0 Å². The summed E-state index contributed by atoms with van der Waals surface area (Å²) < 4.78 is 18.8. The molecule has 1 aromatic carbocycles. The van der Waals surface area contributed by atoms with Crippen molar-refractivity contribution < 1.29 is 9.13 Å². The minimum absolute atomic E-state index is 0.281. The fraction of sp³-hybridized carbons (Fsp3) is 0.647. The summed E-state index contributed by atoms with van der Waals surface area (Å²) in [4.78, 5) is 2.45. The third kappa shape index (κ3) is 4.17. The highest BCUT2D eigenvalue weighted by Gasteiger charge is 2.24. The van der Waals surface area contributed by atoms with Crippen LogP contribution in [0.3, 0.4) is 0 Å². The van der Waals surface area contributed by atoms with Crippen LogP contribution >= 0.6 is 0 Å². The molecule has 1 aromatic rings. The normalized spacial score (nSPS) is 24.1. The average molecular weight is 294 g/mol. The summed E-state index contributed by atoms with van der Waals surface area (Å²) in [5.74, 6) is 0.630. The molecular formula is C17H27FN2O. The van der Waals surface area contributed by atoms with Crippen molar-refractivity contribution in [3.63, 3.8) is 0 Å². The number of rotatable bonds is 4. The van der Waals surface area contributed by atoms with Crippen molar-refractivity contribution in [3.8, 4) is 5.75 Å². The van der Waals surface area contributed by atoms with Crippen LogP contribution in [0.4, 0.5) is 4.39 Å². The zero-order valence-corrected chi connectivity index (χ0v) is 13.5. The molecule has 1 heterocycles. The first kappa shape index (κ1) is 16.2. The molecule has 1 N–H and O–H groups in total. The largest absolute Gasteiger partial charge is 0.494 e. The Kier molecular flexibility index (Phi) is 5.59. The maximum Gasteiger partial charge on any atom is 0.165 e. The molecule has 1 aliphatic rings. The summed E-state index contributed by atoms with van der Waals surface area (Å²) in [5, 5.41) is 3.62. The van der Waals surface area contributed by atoms with E-state index in [0.717, 1.165) is 31.6 Å². The van der Waals surface area contributed by atoms with Crippen LogP contribution in [0.15, 0.2) is 18.2 Å². The number of nitrogens with zero attached hydrogens (tertiary/aromatic N) is 1. The molecular weight excluding hydrogens is 267 g/mol. The third-order valence-corrected chi connectivity index (χ3v) is 4.43. The Hall–Kier alpha value is -1.13. The van der Waals surface area contributed by atoms with Gasteiger partial charge in [-0.1, -0.05) is 19.9 Å². The molecule has 3 nitrogen and oxygen atoms in total. The molecule has 1 aliphatic heterocycles. The van der Waals surface area contributed by atoms with Gasteiger partial charge in [0, 0.05) is 25.2 Å². The van der Waals surface area contributed by atoms with Crippen molar-refractivity contribution in [2.24, 2.45) is 5.92 Å². The van der Waals surface area contributed by atoms with E-state index < -0.39 is 0 Å². The average Bonchev–Trinajstić information content (AvgIpc) is 2.62. The van der Waals surface area contributed by atoms with Crippen LogP contribution < -0.4 is 10.1 Å². The summed E-state index contributed by atoms with van der Waals surface area (Å²) in [5.41, 5.74) is 1.00. The summed E-state index contributed by atoms with van der Waals surface area (Å²) in [6, 6.07) is 6.26. The molecule has 0 saturated carbocycles. The first-order valence-corrected chi connectivity index (χ1v) is 7.81. The van der Waals surface area contributed by atoms with E-state index in [0.29, 0.717) is 23.8 Å². The second-order valence-electron chi connectivity index (χ2n) is 6.34. The fourth-order valence-electron chi connectivity index (χ4n) is 2.87. The standard InChI is InChI=1S/C17H27FN2O/c1-12(2)16-11-20(13(3)7-8-19-16)10-14-5-6-17(21-4)15(18)9-14/h5-6,9,12-13,16,19H,7-8,10-11H2,1-4H3. The number of benzene rings is 1. The van der Waals surface area contributed by atoms with Crippen molar-refractivity contribution >= 4 is 0 Å². The highest BCUT2D eigenvalue weighted by molar-refractivity contribution is 5.29. The number of nitrogens with one attached hydrogen (secondary N) is 1. The van der Waals surface area contributed by atoms with Crippen LogP contribution in [0.5, 0.6) is 5.75 Å². The van der Waals surface area contributed by atoms with Crippen LogP contribution in [0.2, 0.25) is 0 Å². The second kappa shape index (κ2) is 7.23. The molecule has 0 amide bonds. The number of hydrogen-bond acceptors (Lipinski definition) is 3. The molecule has 2 atom stereocenters. The summed E-state index contributed by atoms with van der Waals surface area (Å²) in [6.07, 6.45) is 1.13. The molecule has 118 valence electrons. The Labute approximate surface area is 127 Å².